The van der Waals surface area contributed by atoms with Crippen molar-refractivity contribution in [2.45, 2.75) is 32.4 Å². The zero-order valence-corrected chi connectivity index (χ0v) is 15.2. The Bertz CT molecular complexity index is 619. The van der Waals surface area contributed by atoms with Gasteiger partial charge in [-0.15, -0.1) is 0 Å². The van der Waals surface area contributed by atoms with Crippen molar-refractivity contribution in [2.24, 2.45) is 11.8 Å². The van der Waals surface area contributed by atoms with E-state index >= 15 is 0 Å². The fourth-order valence-electron chi connectivity index (χ4n) is 3.75. The maximum absolute atomic E-state index is 11.5. The molecule has 2 atom stereocenters. The number of halogens is 1. The molecule has 24 heavy (non-hydrogen) atoms. The molecule has 1 aliphatic carbocycles. The lowest BCUT2D eigenvalue weighted by atomic mass is 9.98. The number of rotatable bonds is 6. The second kappa shape index (κ2) is 7.19. The molecule has 1 saturated carbocycles. The molecule has 0 unspecified atom stereocenters. The van der Waals surface area contributed by atoms with Crippen LogP contribution < -0.4 is 14.8 Å². The summed E-state index contributed by atoms with van der Waals surface area (Å²) in [5.41, 5.74) is 1.04. The molecule has 1 saturated heterocycles. The molecule has 1 N–H and O–H groups in total. The summed E-state index contributed by atoms with van der Waals surface area (Å²) in [7, 11) is 3.25. The van der Waals surface area contributed by atoms with Crippen LogP contribution in [-0.2, 0) is 11.3 Å². The standard InChI is InChI=1S/C18H25ClN2O3/c1-11(22)20-16-10-21(9-14(16)12-4-5-12)8-13-6-15(19)18(24-3)7-17(13)23-2/h6-7,12,14,16H,4-5,8-10H2,1-3H3,(H,20,22)/t14-,16+/m1/s1. The van der Waals surface area contributed by atoms with Gasteiger partial charge in [0, 0.05) is 44.2 Å². The highest BCUT2D eigenvalue weighted by molar-refractivity contribution is 6.32. The minimum absolute atomic E-state index is 0.0533. The summed E-state index contributed by atoms with van der Waals surface area (Å²) in [6.07, 6.45) is 2.57. The molecule has 5 nitrogen and oxygen atoms in total. The summed E-state index contributed by atoms with van der Waals surface area (Å²) in [5, 5.41) is 3.72. The number of methoxy groups -OCH3 is 2. The second-order valence-electron chi connectivity index (χ2n) is 6.80. The molecule has 0 radical (unpaired) electrons. The van der Waals surface area contributed by atoms with Crippen LogP contribution in [0.1, 0.15) is 25.3 Å². The SMILES string of the molecule is COc1cc(OC)c(CN2C[C@H](NC(C)=O)[C@@H](C3CC3)C2)cc1Cl. The van der Waals surface area contributed by atoms with Crippen LogP contribution in [-0.4, -0.2) is 44.2 Å². The average molecular weight is 353 g/mol. The first-order valence-corrected chi connectivity index (χ1v) is 8.79. The third kappa shape index (κ3) is 3.78. The zero-order valence-electron chi connectivity index (χ0n) is 14.5. The summed E-state index contributed by atoms with van der Waals surface area (Å²) in [4.78, 5) is 13.9. The Morgan fingerprint density at radius 1 is 1.25 bits per heavy atom. The van der Waals surface area contributed by atoms with Gasteiger partial charge in [-0.05, 0) is 30.7 Å². The number of nitrogens with zero attached hydrogens (tertiary/aromatic N) is 1. The number of likely N-dealkylation sites (tertiary alicyclic amines) is 1. The van der Waals surface area contributed by atoms with E-state index in [1.807, 2.05) is 12.1 Å². The first-order valence-electron chi connectivity index (χ1n) is 8.41. The van der Waals surface area contributed by atoms with Crippen molar-refractivity contribution in [3.05, 3.63) is 22.7 Å². The highest BCUT2D eigenvalue weighted by Gasteiger charge is 2.42. The molecule has 1 heterocycles. The predicted molar refractivity (Wildman–Crippen MR) is 93.7 cm³/mol. The molecule has 0 bridgehead atoms. The molecule has 2 fully saturated rings. The van der Waals surface area contributed by atoms with E-state index in [0.717, 1.165) is 36.9 Å². The number of carbonyl (C=O) groups is 1. The Balaban J connectivity index is 1.74. The van der Waals surface area contributed by atoms with Gasteiger partial charge in [-0.3, -0.25) is 9.69 Å². The first kappa shape index (κ1) is 17.4. The lowest BCUT2D eigenvalue weighted by Gasteiger charge is -2.19. The van der Waals surface area contributed by atoms with Crippen LogP contribution in [0.3, 0.4) is 0 Å². The number of carbonyl (C=O) groups excluding carboxylic acids is 1. The number of hydrogen-bond acceptors (Lipinski definition) is 4. The van der Waals surface area contributed by atoms with E-state index in [-0.39, 0.29) is 11.9 Å². The quantitative estimate of drug-likeness (QED) is 0.855. The van der Waals surface area contributed by atoms with Crippen LogP contribution in [0.15, 0.2) is 12.1 Å². The highest BCUT2D eigenvalue weighted by atomic mass is 35.5. The van der Waals surface area contributed by atoms with Gasteiger partial charge in [0.25, 0.3) is 0 Å². The topological polar surface area (TPSA) is 50.8 Å². The molecule has 6 heteroatoms. The first-order chi connectivity index (χ1) is 11.5. The maximum Gasteiger partial charge on any atom is 0.217 e. The summed E-state index contributed by atoms with van der Waals surface area (Å²) < 4.78 is 10.8. The highest BCUT2D eigenvalue weighted by Crippen LogP contribution is 2.42. The van der Waals surface area contributed by atoms with E-state index in [2.05, 4.69) is 10.2 Å². The average Bonchev–Trinajstić information content (AvgIpc) is 3.30. The van der Waals surface area contributed by atoms with Crippen LogP contribution in [0.2, 0.25) is 5.02 Å². The van der Waals surface area contributed by atoms with Crippen LogP contribution >= 0.6 is 11.6 Å². The summed E-state index contributed by atoms with van der Waals surface area (Å²) in [5.74, 6) is 2.76. The molecule has 2 aliphatic rings. The molecule has 0 aromatic heterocycles. The van der Waals surface area contributed by atoms with Gasteiger partial charge in [0.15, 0.2) is 0 Å². The Hall–Kier alpha value is -1.46. The van der Waals surface area contributed by atoms with E-state index in [9.17, 15) is 4.79 Å². The molecule has 1 amide bonds. The molecular weight excluding hydrogens is 328 g/mol. The predicted octanol–water partition coefficient (Wildman–Crippen LogP) is 2.70. The van der Waals surface area contributed by atoms with Gasteiger partial charge < -0.3 is 14.8 Å². The monoisotopic (exact) mass is 352 g/mol. The fourth-order valence-corrected chi connectivity index (χ4v) is 4.01. The summed E-state index contributed by atoms with van der Waals surface area (Å²) >= 11 is 6.27. The van der Waals surface area contributed by atoms with Crippen LogP contribution in [0.25, 0.3) is 0 Å². The third-order valence-corrected chi connectivity index (χ3v) is 5.30. The Kier molecular flexibility index (Phi) is 5.21. The van der Waals surface area contributed by atoms with Crippen molar-refractivity contribution in [1.82, 2.24) is 10.2 Å². The second-order valence-corrected chi connectivity index (χ2v) is 7.21. The van der Waals surface area contributed by atoms with E-state index in [1.165, 1.54) is 12.8 Å². The molecule has 1 aromatic rings. The van der Waals surface area contributed by atoms with Gasteiger partial charge in [-0.1, -0.05) is 11.6 Å². The molecule has 1 aromatic carbocycles. The number of amides is 1. The summed E-state index contributed by atoms with van der Waals surface area (Å²) in [6.45, 7) is 4.22. The van der Waals surface area contributed by atoms with Crippen molar-refractivity contribution in [1.29, 1.82) is 0 Å². The number of ether oxygens (including phenoxy) is 2. The van der Waals surface area contributed by atoms with Crippen LogP contribution in [0.5, 0.6) is 11.5 Å². The van der Waals surface area contributed by atoms with Crippen molar-refractivity contribution in [3.63, 3.8) is 0 Å². The van der Waals surface area contributed by atoms with E-state index in [4.69, 9.17) is 21.1 Å². The lowest BCUT2D eigenvalue weighted by molar-refractivity contribution is -0.119. The van der Waals surface area contributed by atoms with Gasteiger partial charge >= 0.3 is 0 Å². The van der Waals surface area contributed by atoms with Gasteiger partial charge in [-0.25, -0.2) is 0 Å². The van der Waals surface area contributed by atoms with Gasteiger partial charge in [0.2, 0.25) is 5.91 Å². The maximum atomic E-state index is 11.5. The molecule has 132 valence electrons. The zero-order chi connectivity index (χ0) is 17.3. The fraction of sp³-hybridized carbons (Fsp3) is 0.611. The van der Waals surface area contributed by atoms with Crippen molar-refractivity contribution < 1.29 is 14.3 Å². The molecular formula is C18H25ClN2O3. The van der Waals surface area contributed by atoms with E-state index < -0.39 is 0 Å². The van der Waals surface area contributed by atoms with Crippen molar-refractivity contribution in [2.75, 3.05) is 27.3 Å². The normalized spacial score (nSPS) is 24.0. The van der Waals surface area contributed by atoms with Crippen molar-refractivity contribution >= 4 is 17.5 Å². The van der Waals surface area contributed by atoms with Gasteiger partial charge in [-0.2, -0.15) is 0 Å². The third-order valence-electron chi connectivity index (χ3n) is 5.01. The number of hydrogen-bond donors (Lipinski definition) is 1. The Morgan fingerprint density at radius 3 is 2.54 bits per heavy atom. The largest absolute Gasteiger partial charge is 0.496 e. The lowest BCUT2D eigenvalue weighted by Crippen LogP contribution is -2.39. The molecule has 3 rings (SSSR count). The number of benzene rings is 1. The summed E-state index contributed by atoms with van der Waals surface area (Å²) in [6, 6.07) is 3.99. The number of nitrogens with one attached hydrogen (secondary N) is 1. The Morgan fingerprint density at radius 2 is 1.96 bits per heavy atom. The van der Waals surface area contributed by atoms with E-state index in [0.29, 0.717) is 16.7 Å². The van der Waals surface area contributed by atoms with Crippen LogP contribution in [0.4, 0.5) is 0 Å². The molecule has 0 spiro atoms. The van der Waals surface area contributed by atoms with Crippen molar-refractivity contribution in [3.8, 4) is 11.5 Å². The minimum Gasteiger partial charge on any atom is -0.496 e. The Labute approximate surface area is 148 Å². The van der Waals surface area contributed by atoms with Crippen LogP contribution in [0, 0.1) is 11.8 Å². The molecule has 1 aliphatic heterocycles. The van der Waals surface area contributed by atoms with Gasteiger partial charge in [0.1, 0.15) is 11.5 Å². The smallest absolute Gasteiger partial charge is 0.217 e. The van der Waals surface area contributed by atoms with E-state index in [1.54, 1.807) is 21.1 Å². The minimum atomic E-state index is 0.0533. The van der Waals surface area contributed by atoms with Gasteiger partial charge in [0.05, 0.1) is 19.2 Å².